The van der Waals surface area contributed by atoms with Crippen LogP contribution in [0.5, 0.6) is 0 Å². The molecule has 0 radical (unpaired) electrons. The zero-order valence-corrected chi connectivity index (χ0v) is 15.0. The Morgan fingerprint density at radius 1 is 1.62 bits per heavy atom. The van der Waals surface area contributed by atoms with Gasteiger partial charge >= 0.3 is 0 Å². The summed E-state index contributed by atoms with van der Waals surface area (Å²) in [5.74, 6) is -0.202. The minimum atomic E-state index is -0.976. The van der Waals surface area contributed by atoms with Crippen LogP contribution >= 0.6 is 18.9 Å². The lowest BCUT2D eigenvalue weighted by atomic mass is 9.84. The Morgan fingerprint density at radius 2 is 2.24 bits per heavy atom. The summed E-state index contributed by atoms with van der Waals surface area (Å²) >= 11 is 0. The maximum Gasteiger partial charge on any atom is 0.217 e. The molecule has 0 aliphatic carbocycles. The van der Waals surface area contributed by atoms with Gasteiger partial charge in [0.15, 0.2) is 0 Å². The average molecular weight is 337 g/mol. The van der Waals surface area contributed by atoms with Crippen LogP contribution < -0.4 is 5.32 Å². The third-order valence-electron chi connectivity index (χ3n) is 3.39. The molecule has 21 heavy (non-hydrogen) atoms. The van der Waals surface area contributed by atoms with Crippen molar-refractivity contribution >= 4 is 24.8 Å². The zero-order valence-electron chi connectivity index (χ0n) is 12.7. The normalized spacial score (nSPS) is 28.0. The van der Waals surface area contributed by atoms with Crippen molar-refractivity contribution < 1.29 is 23.7 Å². The van der Waals surface area contributed by atoms with E-state index in [2.05, 4.69) is 30.8 Å². The quantitative estimate of drug-likeness (QED) is 0.558. The summed E-state index contributed by atoms with van der Waals surface area (Å²) in [6, 6.07) is -0.460. The van der Waals surface area contributed by atoms with Gasteiger partial charge in [-0.1, -0.05) is 6.58 Å². The van der Waals surface area contributed by atoms with E-state index in [1.165, 1.54) is 6.92 Å². The van der Waals surface area contributed by atoms with Gasteiger partial charge in [-0.05, 0) is 25.8 Å². The van der Waals surface area contributed by atoms with Gasteiger partial charge in [-0.15, -0.1) is 0 Å². The van der Waals surface area contributed by atoms with Crippen molar-refractivity contribution in [2.75, 3.05) is 6.61 Å². The standard InChI is InChI=1S/C13H25NO5P2/c1-7-5-13(3,4)18-12(10(7)14-8(2)15)11(16)9(19-21)6-17-20/h9-12,16H,1,5-6,20-21H2,2-4H3,(H,14,15)/t9-,10-,11-,12-/m1/s1. The Balaban J connectivity index is 2.98. The molecule has 1 amide bonds. The first-order valence-corrected chi connectivity index (χ1v) is 7.64. The highest BCUT2D eigenvalue weighted by Gasteiger charge is 2.44. The summed E-state index contributed by atoms with van der Waals surface area (Å²) in [5.41, 5.74) is 0.352. The lowest BCUT2D eigenvalue weighted by molar-refractivity contribution is -0.167. The van der Waals surface area contributed by atoms with Gasteiger partial charge in [-0.25, -0.2) is 0 Å². The molecule has 1 aliphatic heterocycles. The third-order valence-corrected chi connectivity index (χ3v) is 3.93. The summed E-state index contributed by atoms with van der Waals surface area (Å²) in [7, 11) is 4.22. The largest absolute Gasteiger partial charge is 0.387 e. The first kappa shape index (κ1) is 19.0. The topological polar surface area (TPSA) is 77.0 Å². The van der Waals surface area contributed by atoms with Gasteiger partial charge in [0.05, 0.1) is 18.2 Å². The monoisotopic (exact) mass is 337 g/mol. The first-order valence-electron chi connectivity index (χ1n) is 6.69. The van der Waals surface area contributed by atoms with E-state index in [-0.39, 0.29) is 12.5 Å². The Hall–Kier alpha value is -0.0900. The van der Waals surface area contributed by atoms with Crippen molar-refractivity contribution in [3.8, 4) is 0 Å². The molecular formula is C13H25NO5P2. The summed E-state index contributed by atoms with van der Waals surface area (Å²) in [6.07, 6.45) is -1.63. The van der Waals surface area contributed by atoms with Gasteiger partial charge in [0.2, 0.25) is 5.91 Å². The number of hydrogen-bond donors (Lipinski definition) is 2. The van der Waals surface area contributed by atoms with Crippen molar-refractivity contribution in [3.63, 3.8) is 0 Å². The van der Waals surface area contributed by atoms with E-state index < -0.39 is 30.0 Å². The van der Waals surface area contributed by atoms with Crippen molar-refractivity contribution in [2.24, 2.45) is 0 Å². The molecule has 6 atom stereocenters. The Labute approximate surface area is 130 Å². The van der Waals surface area contributed by atoms with E-state index >= 15 is 0 Å². The van der Waals surface area contributed by atoms with Crippen LogP contribution in [0.15, 0.2) is 12.2 Å². The molecule has 0 aromatic rings. The smallest absolute Gasteiger partial charge is 0.217 e. The predicted octanol–water partition coefficient (Wildman–Crippen LogP) is 0.958. The second-order valence-electron chi connectivity index (χ2n) is 5.85. The average Bonchev–Trinajstić information content (AvgIpc) is 2.37. The molecule has 1 heterocycles. The second kappa shape index (κ2) is 7.96. The summed E-state index contributed by atoms with van der Waals surface area (Å²) in [5, 5.41) is 13.3. The molecule has 1 saturated heterocycles. The molecule has 1 rings (SSSR count). The number of amides is 1. The molecule has 6 nitrogen and oxygen atoms in total. The van der Waals surface area contributed by atoms with Gasteiger partial charge in [-0.3, -0.25) is 4.79 Å². The van der Waals surface area contributed by atoms with Crippen molar-refractivity contribution in [1.82, 2.24) is 5.32 Å². The second-order valence-corrected chi connectivity index (χ2v) is 6.46. The molecule has 2 unspecified atom stereocenters. The van der Waals surface area contributed by atoms with E-state index in [1.807, 2.05) is 13.8 Å². The Bertz CT molecular complexity index is 391. The number of carbonyl (C=O) groups excluding carboxylic acids is 1. The molecule has 122 valence electrons. The van der Waals surface area contributed by atoms with Gasteiger partial charge in [0.25, 0.3) is 0 Å². The van der Waals surface area contributed by atoms with E-state index in [1.54, 1.807) is 0 Å². The maximum absolute atomic E-state index is 11.4. The molecule has 0 saturated carbocycles. The number of nitrogens with one attached hydrogen (secondary N) is 1. The van der Waals surface area contributed by atoms with E-state index in [0.717, 1.165) is 5.57 Å². The number of rotatable bonds is 6. The highest BCUT2D eigenvalue weighted by Crippen LogP contribution is 2.34. The number of ether oxygens (including phenoxy) is 1. The van der Waals surface area contributed by atoms with Crippen LogP contribution in [-0.4, -0.2) is 47.6 Å². The van der Waals surface area contributed by atoms with Crippen LogP contribution in [0.4, 0.5) is 0 Å². The van der Waals surface area contributed by atoms with Gasteiger partial charge in [0, 0.05) is 25.9 Å². The predicted molar refractivity (Wildman–Crippen MR) is 86.6 cm³/mol. The number of carbonyl (C=O) groups is 1. The SMILES string of the molecule is C=C1CC(C)(C)O[C@@H]([C@H](O)[C@@H](COP)OP)[C@@H]1NC(C)=O. The lowest BCUT2D eigenvalue weighted by Gasteiger charge is -2.45. The Morgan fingerprint density at radius 3 is 2.71 bits per heavy atom. The van der Waals surface area contributed by atoms with Crippen molar-refractivity contribution in [1.29, 1.82) is 0 Å². The Kier molecular flexibility index (Phi) is 7.18. The lowest BCUT2D eigenvalue weighted by Crippen LogP contribution is -2.59. The highest BCUT2D eigenvalue weighted by atomic mass is 31.0. The van der Waals surface area contributed by atoms with Crippen LogP contribution in [0.25, 0.3) is 0 Å². The van der Waals surface area contributed by atoms with Crippen LogP contribution in [0.2, 0.25) is 0 Å². The molecule has 8 heteroatoms. The fourth-order valence-corrected chi connectivity index (χ4v) is 2.99. The van der Waals surface area contributed by atoms with Gasteiger partial charge in [0.1, 0.15) is 18.3 Å². The van der Waals surface area contributed by atoms with Gasteiger partial charge in [-0.2, -0.15) is 0 Å². The molecule has 0 aromatic heterocycles. The summed E-state index contributed by atoms with van der Waals surface area (Å²) < 4.78 is 16.1. The summed E-state index contributed by atoms with van der Waals surface area (Å²) in [6.45, 7) is 9.46. The fraction of sp³-hybridized carbons (Fsp3) is 0.769. The molecule has 0 spiro atoms. The molecule has 1 fully saturated rings. The van der Waals surface area contributed by atoms with Crippen molar-refractivity contribution in [2.45, 2.75) is 57.1 Å². The van der Waals surface area contributed by atoms with Crippen LogP contribution in [-0.2, 0) is 18.6 Å². The molecular weight excluding hydrogens is 312 g/mol. The zero-order chi connectivity index (χ0) is 16.2. The van der Waals surface area contributed by atoms with Crippen LogP contribution in [0, 0.1) is 0 Å². The third kappa shape index (κ3) is 5.24. The number of aliphatic hydroxyl groups excluding tert-OH is 1. The highest BCUT2D eigenvalue weighted by molar-refractivity contribution is 7.10. The number of aliphatic hydroxyl groups is 1. The summed E-state index contributed by atoms with van der Waals surface area (Å²) in [4.78, 5) is 11.4. The van der Waals surface area contributed by atoms with Crippen LogP contribution in [0.3, 0.4) is 0 Å². The molecule has 0 aromatic carbocycles. The minimum absolute atomic E-state index is 0.175. The van der Waals surface area contributed by atoms with Crippen LogP contribution in [0.1, 0.15) is 27.2 Å². The van der Waals surface area contributed by atoms with E-state index in [0.29, 0.717) is 6.42 Å². The molecule has 1 aliphatic rings. The van der Waals surface area contributed by atoms with E-state index in [9.17, 15) is 9.90 Å². The first-order chi connectivity index (χ1) is 9.71. The minimum Gasteiger partial charge on any atom is -0.387 e. The van der Waals surface area contributed by atoms with Crippen molar-refractivity contribution in [3.05, 3.63) is 12.2 Å². The van der Waals surface area contributed by atoms with Gasteiger partial charge < -0.3 is 24.2 Å². The maximum atomic E-state index is 11.4. The number of hydrogen-bond acceptors (Lipinski definition) is 5. The molecule has 0 bridgehead atoms. The molecule has 2 N–H and O–H groups in total. The fourth-order valence-electron chi connectivity index (χ4n) is 2.56. The van der Waals surface area contributed by atoms with E-state index in [4.69, 9.17) is 13.8 Å².